The number of aromatic nitrogens is 3. The summed E-state index contributed by atoms with van der Waals surface area (Å²) in [5, 5.41) is 2.12. The minimum Gasteiger partial charge on any atom is -0.356 e. The van der Waals surface area contributed by atoms with Crippen LogP contribution in [0.25, 0.3) is 10.2 Å². The first-order valence-corrected chi connectivity index (χ1v) is 8.26. The van der Waals surface area contributed by atoms with Crippen LogP contribution in [0.3, 0.4) is 0 Å². The third kappa shape index (κ3) is 2.68. The van der Waals surface area contributed by atoms with Gasteiger partial charge in [-0.3, -0.25) is 4.90 Å². The molecule has 3 heterocycles. The highest BCUT2D eigenvalue weighted by atomic mass is 79.9. The van der Waals surface area contributed by atoms with Crippen LogP contribution in [0, 0.1) is 0 Å². The lowest BCUT2D eigenvalue weighted by molar-refractivity contribution is 0.263. The van der Waals surface area contributed by atoms with Gasteiger partial charge in [-0.25, -0.2) is 4.98 Å². The summed E-state index contributed by atoms with van der Waals surface area (Å²) in [6.45, 7) is 5.05. The summed E-state index contributed by atoms with van der Waals surface area (Å²) >= 11 is 5.34. The van der Waals surface area contributed by atoms with E-state index < -0.39 is 0 Å². The predicted octanol–water partition coefficient (Wildman–Crippen LogP) is 3.75. The minimum atomic E-state index is 0.917. The molecule has 3 aromatic rings. The molecule has 0 spiro atoms. The first-order chi connectivity index (χ1) is 9.67. The molecule has 0 bridgehead atoms. The van der Waals surface area contributed by atoms with Crippen molar-refractivity contribution < 1.29 is 0 Å². The molecule has 0 aliphatic heterocycles. The van der Waals surface area contributed by atoms with Crippen LogP contribution in [-0.4, -0.2) is 26.0 Å². The average Bonchev–Trinajstić information content (AvgIpc) is 3.09. The molecule has 0 unspecified atom stereocenters. The van der Waals surface area contributed by atoms with Gasteiger partial charge in [0.15, 0.2) is 0 Å². The fourth-order valence-corrected chi connectivity index (χ4v) is 3.87. The molecule has 0 fully saturated rings. The Morgan fingerprint density at radius 2 is 2.30 bits per heavy atom. The van der Waals surface area contributed by atoms with Crippen LogP contribution in [0.15, 0.2) is 28.4 Å². The molecule has 0 radical (unpaired) electrons. The molecule has 0 saturated heterocycles. The molecule has 0 aliphatic carbocycles. The van der Waals surface area contributed by atoms with Gasteiger partial charge in [0, 0.05) is 37.4 Å². The lowest BCUT2D eigenvalue weighted by atomic mass is 10.3. The number of aryl methyl sites for hydroxylation is 1. The number of halogens is 1. The van der Waals surface area contributed by atoms with Crippen LogP contribution in [0.2, 0.25) is 0 Å². The smallest absolute Gasteiger partial charge is 0.0945 e. The monoisotopic (exact) mass is 352 g/mol. The minimum absolute atomic E-state index is 0.917. The Morgan fingerprint density at radius 3 is 2.95 bits per heavy atom. The van der Waals surface area contributed by atoms with Gasteiger partial charge >= 0.3 is 0 Å². The molecule has 3 rings (SSSR count). The summed E-state index contributed by atoms with van der Waals surface area (Å²) in [7, 11) is 2.04. The van der Waals surface area contributed by atoms with E-state index in [1.807, 2.05) is 19.6 Å². The molecule has 0 atom stereocenters. The maximum Gasteiger partial charge on any atom is 0.0945 e. The van der Waals surface area contributed by atoms with Crippen molar-refractivity contribution in [3.63, 3.8) is 0 Å². The molecular formula is C14H17BrN4S. The standard InChI is InChI=1S/C14H17BrN4S/c1-3-19(7-11-5-16-9-18(11)2)6-10-4-13-14(17-10)12(15)8-20-13/h4-5,8-9,17H,3,6-7H2,1-2H3. The number of imidazole rings is 1. The van der Waals surface area contributed by atoms with E-state index in [2.05, 4.69) is 53.7 Å². The van der Waals surface area contributed by atoms with Gasteiger partial charge in [0.1, 0.15) is 0 Å². The number of nitrogens with one attached hydrogen (secondary N) is 1. The van der Waals surface area contributed by atoms with Gasteiger partial charge in [0.05, 0.1) is 26.7 Å². The molecule has 106 valence electrons. The summed E-state index contributed by atoms with van der Waals surface area (Å²) in [5.74, 6) is 0. The number of rotatable bonds is 5. The zero-order chi connectivity index (χ0) is 14.1. The Bertz CT molecular complexity index is 712. The van der Waals surface area contributed by atoms with Gasteiger partial charge in [-0.05, 0) is 28.5 Å². The molecule has 20 heavy (non-hydrogen) atoms. The molecule has 0 aliphatic rings. The van der Waals surface area contributed by atoms with Crippen molar-refractivity contribution in [2.45, 2.75) is 20.0 Å². The number of nitrogens with zero attached hydrogens (tertiary/aromatic N) is 3. The van der Waals surface area contributed by atoms with E-state index in [9.17, 15) is 0 Å². The average molecular weight is 353 g/mol. The number of thiophene rings is 1. The van der Waals surface area contributed by atoms with Crippen LogP contribution >= 0.6 is 27.3 Å². The lowest BCUT2D eigenvalue weighted by Gasteiger charge is -2.19. The van der Waals surface area contributed by atoms with Gasteiger partial charge in [0.25, 0.3) is 0 Å². The molecule has 0 amide bonds. The molecule has 4 nitrogen and oxygen atoms in total. The van der Waals surface area contributed by atoms with Gasteiger partial charge in [0.2, 0.25) is 0 Å². The first kappa shape index (κ1) is 13.9. The molecule has 0 saturated carbocycles. The number of hydrogen-bond acceptors (Lipinski definition) is 3. The Labute approximate surface area is 130 Å². The summed E-state index contributed by atoms with van der Waals surface area (Å²) in [6.07, 6.45) is 3.79. The van der Waals surface area contributed by atoms with Gasteiger partial charge in [-0.2, -0.15) is 0 Å². The summed E-state index contributed by atoms with van der Waals surface area (Å²) < 4.78 is 4.54. The van der Waals surface area contributed by atoms with Crippen LogP contribution in [0.4, 0.5) is 0 Å². The maximum atomic E-state index is 4.18. The number of H-pyrrole nitrogens is 1. The number of fused-ring (bicyclic) bond motifs is 1. The Morgan fingerprint density at radius 1 is 1.45 bits per heavy atom. The van der Waals surface area contributed by atoms with Crippen LogP contribution < -0.4 is 0 Å². The van der Waals surface area contributed by atoms with Crippen molar-refractivity contribution in [1.82, 2.24) is 19.4 Å². The van der Waals surface area contributed by atoms with E-state index in [0.29, 0.717) is 0 Å². The summed E-state index contributed by atoms with van der Waals surface area (Å²) in [6, 6.07) is 2.25. The summed E-state index contributed by atoms with van der Waals surface area (Å²) in [4.78, 5) is 10.1. The largest absolute Gasteiger partial charge is 0.356 e. The first-order valence-electron chi connectivity index (χ1n) is 6.59. The second kappa shape index (κ2) is 5.71. The molecular weight excluding hydrogens is 336 g/mol. The predicted molar refractivity (Wildman–Crippen MR) is 86.9 cm³/mol. The van der Waals surface area contributed by atoms with E-state index in [0.717, 1.165) is 24.1 Å². The Hall–Kier alpha value is -1.11. The highest BCUT2D eigenvalue weighted by Gasteiger charge is 2.11. The van der Waals surface area contributed by atoms with E-state index in [-0.39, 0.29) is 0 Å². The van der Waals surface area contributed by atoms with Gasteiger partial charge in [-0.15, -0.1) is 11.3 Å². The van der Waals surface area contributed by atoms with Crippen molar-refractivity contribution in [2.24, 2.45) is 7.05 Å². The van der Waals surface area contributed by atoms with Crippen LogP contribution in [-0.2, 0) is 20.1 Å². The fraction of sp³-hybridized carbons (Fsp3) is 0.357. The Balaban J connectivity index is 1.75. The topological polar surface area (TPSA) is 36.9 Å². The van der Waals surface area contributed by atoms with E-state index in [4.69, 9.17) is 0 Å². The number of aromatic amines is 1. The highest BCUT2D eigenvalue weighted by molar-refractivity contribution is 9.10. The molecule has 3 aromatic heterocycles. The van der Waals surface area contributed by atoms with Gasteiger partial charge in [-0.1, -0.05) is 6.92 Å². The second-order valence-electron chi connectivity index (χ2n) is 4.92. The highest BCUT2D eigenvalue weighted by Crippen LogP contribution is 2.30. The Kier molecular flexibility index (Phi) is 3.96. The van der Waals surface area contributed by atoms with Crippen molar-refractivity contribution in [3.05, 3.63) is 39.8 Å². The normalized spacial score (nSPS) is 11.8. The van der Waals surface area contributed by atoms with Crippen molar-refractivity contribution in [2.75, 3.05) is 6.54 Å². The third-order valence-corrected chi connectivity index (χ3v) is 5.37. The van der Waals surface area contributed by atoms with E-state index in [1.54, 1.807) is 11.3 Å². The third-order valence-electron chi connectivity index (χ3n) is 3.51. The van der Waals surface area contributed by atoms with Crippen molar-refractivity contribution >= 4 is 37.5 Å². The zero-order valence-corrected chi connectivity index (χ0v) is 14.0. The maximum absolute atomic E-state index is 4.18. The van der Waals surface area contributed by atoms with Crippen LogP contribution in [0.5, 0.6) is 0 Å². The fourth-order valence-electron chi connectivity index (χ4n) is 2.30. The lowest BCUT2D eigenvalue weighted by Crippen LogP contribution is -2.23. The molecule has 6 heteroatoms. The van der Waals surface area contributed by atoms with Gasteiger partial charge < -0.3 is 9.55 Å². The van der Waals surface area contributed by atoms with E-state index >= 15 is 0 Å². The molecule has 1 N–H and O–H groups in total. The van der Waals surface area contributed by atoms with Crippen molar-refractivity contribution in [1.29, 1.82) is 0 Å². The van der Waals surface area contributed by atoms with Crippen molar-refractivity contribution in [3.8, 4) is 0 Å². The molecule has 0 aromatic carbocycles. The second-order valence-corrected chi connectivity index (χ2v) is 6.68. The zero-order valence-electron chi connectivity index (χ0n) is 11.6. The number of hydrogen-bond donors (Lipinski definition) is 1. The summed E-state index contributed by atoms with van der Waals surface area (Å²) in [5.41, 5.74) is 3.71. The quantitative estimate of drug-likeness (QED) is 0.759. The SMILES string of the molecule is CCN(Cc1cc2scc(Br)c2[nH]1)Cc1cncn1C. The van der Waals surface area contributed by atoms with Crippen LogP contribution in [0.1, 0.15) is 18.3 Å². The van der Waals surface area contributed by atoms with E-state index in [1.165, 1.54) is 21.6 Å².